The number of methoxy groups -OCH3 is 1. The van der Waals surface area contributed by atoms with Crippen LogP contribution in [0.4, 0.5) is 5.69 Å². The normalized spacial score (nSPS) is 10.2. The van der Waals surface area contributed by atoms with Crippen molar-refractivity contribution in [3.8, 4) is 11.5 Å². The predicted octanol–water partition coefficient (Wildman–Crippen LogP) is 4.71. The molecule has 2 aromatic rings. The SMILES string of the molecule is COc1cc(NCCOc2ccc(Br)cc2)ccc1Br. The first-order valence-corrected chi connectivity index (χ1v) is 7.73. The molecule has 0 heterocycles. The highest BCUT2D eigenvalue weighted by Gasteiger charge is 2.01. The Hall–Kier alpha value is -1.20. The molecule has 0 amide bonds. The summed E-state index contributed by atoms with van der Waals surface area (Å²) in [6.45, 7) is 1.32. The zero-order chi connectivity index (χ0) is 14.4. The molecule has 106 valence electrons. The Morgan fingerprint density at radius 1 is 1.05 bits per heavy atom. The summed E-state index contributed by atoms with van der Waals surface area (Å²) < 4.78 is 12.9. The molecule has 0 spiro atoms. The van der Waals surface area contributed by atoms with Crippen molar-refractivity contribution in [3.63, 3.8) is 0 Å². The standard InChI is InChI=1S/C15H15Br2NO2/c1-19-15-10-12(4-7-14(15)17)18-8-9-20-13-5-2-11(16)3-6-13/h2-7,10,18H,8-9H2,1H3. The van der Waals surface area contributed by atoms with Gasteiger partial charge in [0.05, 0.1) is 11.6 Å². The molecule has 0 aromatic heterocycles. The monoisotopic (exact) mass is 399 g/mol. The van der Waals surface area contributed by atoms with E-state index in [-0.39, 0.29) is 0 Å². The Balaban J connectivity index is 1.79. The van der Waals surface area contributed by atoms with Crippen molar-refractivity contribution in [2.75, 3.05) is 25.6 Å². The highest BCUT2D eigenvalue weighted by atomic mass is 79.9. The average Bonchev–Trinajstić information content (AvgIpc) is 2.47. The van der Waals surface area contributed by atoms with Crippen molar-refractivity contribution in [3.05, 3.63) is 51.4 Å². The van der Waals surface area contributed by atoms with Gasteiger partial charge in [-0.3, -0.25) is 0 Å². The Morgan fingerprint density at radius 3 is 2.50 bits per heavy atom. The van der Waals surface area contributed by atoms with Gasteiger partial charge < -0.3 is 14.8 Å². The molecule has 1 N–H and O–H groups in total. The average molecular weight is 401 g/mol. The molecule has 0 bridgehead atoms. The van der Waals surface area contributed by atoms with Crippen LogP contribution in [0.25, 0.3) is 0 Å². The molecule has 20 heavy (non-hydrogen) atoms. The van der Waals surface area contributed by atoms with Gasteiger partial charge in [0.15, 0.2) is 0 Å². The predicted molar refractivity (Wildman–Crippen MR) is 88.8 cm³/mol. The molecule has 0 fully saturated rings. The lowest BCUT2D eigenvalue weighted by Gasteiger charge is -2.10. The Morgan fingerprint density at radius 2 is 1.80 bits per heavy atom. The zero-order valence-electron chi connectivity index (χ0n) is 11.0. The van der Waals surface area contributed by atoms with Gasteiger partial charge >= 0.3 is 0 Å². The van der Waals surface area contributed by atoms with Gasteiger partial charge in [-0.15, -0.1) is 0 Å². The number of rotatable bonds is 6. The van der Waals surface area contributed by atoms with Gasteiger partial charge in [-0.1, -0.05) is 15.9 Å². The fraction of sp³-hybridized carbons (Fsp3) is 0.200. The number of anilines is 1. The van der Waals surface area contributed by atoms with Crippen molar-refractivity contribution < 1.29 is 9.47 Å². The molecule has 0 atom stereocenters. The molecular weight excluding hydrogens is 386 g/mol. The summed E-state index contributed by atoms with van der Waals surface area (Å²) in [7, 11) is 1.65. The van der Waals surface area contributed by atoms with Crippen LogP contribution in [0.1, 0.15) is 0 Å². The van der Waals surface area contributed by atoms with Gasteiger partial charge in [0.2, 0.25) is 0 Å². The van der Waals surface area contributed by atoms with E-state index in [4.69, 9.17) is 9.47 Å². The molecule has 0 saturated carbocycles. The fourth-order valence-corrected chi connectivity index (χ4v) is 2.34. The Kier molecular flexibility index (Phi) is 5.73. The topological polar surface area (TPSA) is 30.5 Å². The maximum absolute atomic E-state index is 5.64. The van der Waals surface area contributed by atoms with Crippen LogP contribution in [-0.4, -0.2) is 20.3 Å². The van der Waals surface area contributed by atoms with E-state index in [0.29, 0.717) is 6.61 Å². The number of ether oxygens (including phenoxy) is 2. The Bertz CT molecular complexity index is 558. The third-order valence-electron chi connectivity index (χ3n) is 2.66. The molecule has 0 saturated heterocycles. The minimum Gasteiger partial charge on any atom is -0.495 e. The lowest BCUT2D eigenvalue weighted by atomic mass is 10.3. The van der Waals surface area contributed by atoms with E-state index in [1.54, 1.807) is 7.11 Å². The van der Waals surface area contributed by atoms with Crippen molar-refractivity contribution in [2.24, 2.45) is 0 Å². The van der Waals surface area contributed by atoms with E-state index in [2.05, 4.69) is 37.2 Å². The van der Waals surface area contributed by atoms with Gasteiger partial charge in [0.25, 0.3) is 0 Å². The van der Waals surface area contributed by atoms with Crippen LogP contribution in [0.2, 0.25) is 0 Å². The highest BCUT2D eigenvalue weighted by Crippen LogP contribution is 2.27. The van der Waals surface area contributed by atoms with E-state index in [9.17, 15) is 0 Å². The quantitative estimate of drug-likeness (QED) is 0.712. The third kappa shape index (κ3) is 4.42. The van der Waals surface area contributed by atoms with Crippen LogP contribution in [0.5, 0.6) is 11.5 Å². The maximum atomic E-state index is 5.64. The summed E-state index contributed by atoms with van der Waals surface area (Å²) in [5.74, 6) is 1.67. The van der Waals surface area contributed by atoms with Crippen molar-refractivity contribution >= 4 is 37.5 Å². The highest BCUT2D eigenvalue weighted by molar-refractivity contribution is 9.10. The number of hydrogen-bond donors (Lipinski definition) is 1. The van der Waals surface area contributed by atoms with Crippen LogP contribution in [0.3, 0.4) is 0 Å². The summed E-state index contributed by atoms with van der Waals surface area (Å²) >= 11 is 6.82. The molecule has 2 rings (SSSR count). The molecule has 0 aliphatic carbocycles. The molecule has 0 aliphatic rings. The lowest BCUT2D eigenvalue weighted by Crippen LogP contribution is -2.11. The summed E-state index contributed by atoms with van der Waals surface area (Å²) in [6.07, 6.45) is 0. The first-order chi connectivity index (χ1) is 9.69. The zero-order valence-corrected chi connectivity index (χ0v) is 14.2. The van der Waals surface area contributed by atoms with E-state index < -0.39 is 0 Å². The van der Waals surface area contributed by atoms with Gasteiger partial charge in [0.1, 0.15) is 18.1 Å². The van der Waals surface area contributed by atoms with Gasteiger partial charge in [-0.25, -0.2) is 0 Å². The smallest absolute Gasteiger partial charge is 0.135 e. The molecule has 2 aromatic carbocycles. The number of nitrogens with one attached hydrogen (secondary N) is 1. The van der Waals surface area contributed by atoms with E-state index >= 15 is 0 Å². The van der Waals surface area contributed by atoms with Crippen molar-refractivity contribution in [2.45, 2.75) is 0 Å². The maximum Gasteiger partial charge on any atom is 0.135 e. The second-order valence-corrected chi connectivity index (χ2v) is 5.85. The summed E-state index contributed by atoms with van der Waals surface area (Å²) in [5, 5.41) is 3.29. The second kappa shape index (κ2) is 7.55. The molecule has 3 nitrogen and oxygen atoms in total. The third-order valence-corrected chi connectivity index (χ3v) is 3.85. The molecule has 5 heteroatoms. The minimum absolute atomic E-state index is 0.597. The molecular formula is C15H15Br2NO2. The molecule has 0 aliphatic heterocycles. The number of benzene rings is 2. The largest absolute Gasteiger partial charge is 0.495 e. The first-order valence-electron chi connectivity index (χ1n) is 6.15. The van der Waals surface area contributed by atoms with Gasteiger partial charge in [-0.05, 0) is 52.3 Å². The van der Waals surface area contributed by atoms with Crippen LogP contribution in [0.15, 0.2) is 51.4 Å². The second-order valence-electron chi connectivity index (χ2n) is 4.08. The van der Waals surface area contributed by atoms with E-state index in [0.717, 1.165) is 32.7 Å². The molecule has 0 unspecified atom stereocenters. The Labute approximate surface area is 135 Å². The summed E-state index contributed by atoms with van der Waals surface area (Å²) in [4.78, 5) is 0. The van der Waals surface area contributed by atoms with E-state index in [1.807, 2.05) is 42.5 Å². The van der Waals surface area contributed by atoms with Crippen LogP contribution < -0.4 is 14.8 Å². The van der Waals surface area contributed by atoms with Crippen LogP contribution >= 0.6 is 31.9 Å². The molecule has 0 radical (unpaired) electrons. The van der Waals surface area contributed by atoms with Crippen molar-refractivity contribution in [1.82, 2.24) is 0 Å². The number of hydrogen-bond acceptors (Lipinski definition) is 3. The van der Waals surface area contributed by atoms with Gasteiger partial charge in [0, 0.05) is 22.8 Å². The van der Waals surface area contributed by atoms with Crippen LogP contribution in [0, 0.1) is 0 Å². The first kappa shape index (κ1) is 15.2. The van der Waals surface area contributed by atoms with Crippen LogP contribution in [-0.2, 0) is 0 Å². The van der Waals surface area contributed by atoms with Gasteiger partial charge in [-0.2, -0.15) is 0 Å². The van der Waals surface area contributed by atoms with E-state index in [1.165, 1.54) is 0 Å². The number of halogens is 2. The minimum atomic E-state index is 0.597. The van der Waals surface area contributed by atoms with Crippen molar-refractivity contribution in [1.29, 1.82) is 0 Å². The summed E-state index contributed by atoms with van der Waals surface area (Å²) in [5.41, 5.74) is 1.00. The fourth-order valence-electron chi connectivity index (χ4n) is 1.66. The summed E-state index contributed by atoms with van der Waals surface area (Å²) in [6, 6.07) is 13.7. The lowest BCUT2D eigenvalue weighted by molar-refractivity contribution is 0.333.